The van der Waals surface area contributed by atoms with E-state index in [1.165, 1.54) is 6.92 Å². The molecule has 0 saturated carbocycles. The molecule has 0 heterocycles. The predicted molar refractivity (Wildman–Crippen MR) is 58.0 cm³/mol. The summed E-state index contributed by atoms with van der Waals surface area (Å²) in [7, 11) is -4.20. The summed E-state index contributed by atoms with van der Waals surface area (Å²) in [5, 5.41) is 8.36. The molecule has 1 atom stereocenters. The molecule has 0 amide bonds. The van der Waals surface area contributed by atoms with E-state index >= 15 is 0 Å². The van der Waals surface area contributed by atoms with Crippen LogP contribution in [-0.2, 0) is 14.9 Å². The Labute approximate surface area is 119 Å². The molecule has 0 aromatic rings. The summed E-state index contributed by atoms with van der Waals surface area (Å²) in [6.07, 6.45) is 0.0127. The van der Waals surface area contributed by atoms with Crippen LogP contribution in [0.15, 0.2) is 0 Å². The van der Waals surface area contributed by atoms with Gasteiger partial charge in [-0.25, -0.2) is 0 Å². The van der Waals surface area contributed by atoms with Gasteiger partial charge in [0.15, 0.2) is 5.44 Å². The van der Waals surface area contributed by atoms with Crippen molar-refractivity contribution in [3.63, 3.8) is 0 Å². The number of hydrogen-bond acceptors (Lipinski definition) is 4. The first kappa shape index (κ1) is 20.5. The van der Waals surface area contributed by atoms with Crippen molar-refractivity contribution in [3.05, 3.63) is 0 Å². The minimum atomic E-state index is -4.20. The van der Waals surface area contributed by atoms with Crippen LogP contribution in [0.4, 0.5) is 0 Å². The van der Waals surface area contributed by atoms with Crippen molar-refractivity contribution < 1.29 is 25.7 Å². The first-order chi connectivity index (χ1) is 5.90. The number of aliphatic hydroxyl groups is 1. The van der Waals surface area contributed by atoms with Gasteiger partial charge in [-0.05, 0) is 20.3 Å². The van der Waals surface area contributed by atoms with Crippen molar-refractivity contribution in [2.45, 2.75) is 32.6 Å². The fraction of sp³-hybridized carbons (Fsp3) is 1.00. The van der Waals surface area contributed by atoms with E-state index in [0.717, 1.165) is 13.2 Å². The van der Waals surface area contributed by atoms with Crippen molar-refractivity contribution in [1.29, 1.82) is 0 Å². The third-order valence-corrected chi connectivity index (χ3v) is 2.12. The molecule has 0 saturated heterocycles. The van der Waals surface area contributed by atoms with Gasteiger partial charge >= 0.3 is 37.7 Å². The molecule has 0 aliphatic heterocycles. The van der Waals surface area contributed by atoms with Gasteiger partial charge in [-0.15, -0.1) is 0 Å². The topological polar surface area (TPSA) is 83.8 Å². The Hall–Kier alpha value is 1.09. The van der Waals surface area contributed by atoms with E-state index in [2.05, 4.69) is 0 Å². The average molecular weight is 256 g/mol. The minimum Gasteiger partial charge on any atom is -1.00 e. The van der Waals surface area contributed by atoms with Crippen LogP contribution < -0.4 is 0 Å². The molecule has 0 spiro atoms. The standard InChI is InChI=1S/C4H10O.C3H8O4S.Ca.2H/c1-3-5-4-2;1-2-3(4)8(5,6)7;;;/h3-4H2,1-2H3;3-4H,2H2,1H3,(H,5,6,7);;;/q;;+2;2*-1. The van der Waals surface area contributed by atoms with Crippen LogP contribution in [0, 0.1) is 0 Å². The zero-order chi connectivity index (χ0) is 10.9. The largest absolute Gasteiger partial charge is 2.00 e. The fourth-order valence-corrected chi connectivity index (χ4v) is 0.836. The summed E-state index contributed by atoms with van der Waals surface area (Å²) in [5.74, 6) is 0. The quantitative estimate of drug-likeness (QED) is 0.565. The summed E-state index contributed by atoms with van der Waals surface area (Å²) in [5.41, 5.74) is -1.62. The molecular weight excluding hydrogens is 236 g/mol. The van der Waals surface area contributed by atoms with Gasteiger partial charge in [0.1, 0.15) is 0 Å². The van der Waals surface area contributed by atoms with Crippen LogP contribution in [0.2, 0.25) is 0 Å². The maximum Gasteiger partial charge on any atom is 2.00 e. The van der Waals surface area contributed by atoms with E-state index in [-0.39, 0.29) is 47.0 Å². The summed E-state index contributed by atoms with van der Waals surface area (Å²) in [6.45, 7) is 7.12. The van der Waals surface area contributed by atoms with E-state index in [4.69, 9.17) is 14.4 Å². The minimum absolute atomic E-state index is 0. The van der Waals surface area contributed by atoms with Crippen LogP contribution in [0.3, 0.4) is 0 Å². The van der Waals surface area contributed by atoms with Crippen molar-refractivity contribution in [1.82, 2.24) is 0 Å². The third-order valence-electron chi connectivity index (χ3n) is 1.10. The molecule has 0 aliphatic carbocycles. The second kappa shape index (κ2) is 12.2. The Morgan fingerprint density at radius 1 is 1.29 bits per heavy atom. The molecule has 0 aromatic carbocycles. The van der Waals surface area contributed by atoms with Crippen molar-refractivity contribution in [2.75, 3.05) is 13.2 Å². The number of ether oxygens (including phenoxy) is 1. The van der Waals surface area contributed by atoms with E-state index < -0.39 is 15.6 Å². The molecule has 1 unspecified atom stereocenters. The number of rotatable bonds is 4. The predicted octanol–water partition coefficient (Wildman–Crippen LogP) is 0.490. The molecule has 7 heteroatoms. The van der Waals surface area contributed by atoms with Crippen LogP contribution in [-0.4, -0.2) is 74.5 Å². The molecule has 86 valence electrons. The summed E-state index contributed by atoms with van der Waals surface area (Å²) in [4.78, 5) is 0. The monoisotopic (exact) mass is 256 g/mol. The molecule has 2 N–H and O–H groups in total. The molecule has 0 aliphatic rings. The van der Waals surface area contributed by atoms with E-state index in [0.29, 0.717) is 0 Å². The molecule has 0 aromatic heterocycles. The number of hydrogen-bond donors (Lipinski definition) is 2. The van der Waals surface area contributed by atoms with Crippen LogP contribution in [0.1, 0.15) is 30.0 Å². The zero-order valence-corrected chi connectivity index (χ0v) is 12.0. The van der Waals surface area contributed by atoms with E-state index in [1.54, 1.807) is 0 Å². The SMILES string of the molecule is CCC(O)S(=O)(=O)O.CCOCC.[Ca+2].[H-].[H-]. The zero-order valence-electron chi connectivity index (χ0n) is 10.9. The van der Waals surface area contributed by atoms with Crippen molar-refractivity contribution in [2.24, 2.45) is 0 Å². The van der Waals surface area contributed by atoms with Crippen molar-refractivity contribution in [3.8, 4) is 0 Å². The van der Waals surface area contributed by atoms with Gasteiger partial charge in [0, 0.05) is 13.2 Å². The van der Waals surface area contributed by atoms with Gasteiger partial charge in [0.25, 0.3) is 10.1 Å². The third kappa shape index (κ3) is 15.6. The average Bonchev–Trinajstić information content (AvgIpc) is 2.04. The first-order valence-corrected chi connectivity index (χ1v) is 5.62. The second-order valence-electron chi connectivity index (χ2n) is 2.16. The molecule has 0 rings (SSSR count). The fourth-order valence-electron chi connectivity index (χ4n) is 0.415. The summed E-state index contributed by atoms with van der Waals surface area (Å²) < 4.78 is 32.6. The first-order valence-electron chi connectivity index (χ1n) is 4.12. The van der Waals surface area contributed by atoms with E-state index in [9.17, 15) is 8.42 Å². The number of aliphatic hydroxyl groups excluding tert-OH is 1. The van der Waals surface area contributed by atoms with Gasteiger partial charge in [0.05, 0.1) is 0 Å². The van der Waals surface area contributed by atoms with Gasteiger partial charge in [0.2, 0.25) is 0 Å². The van der Waals surface area contributed by atoms with Gasteiger partial charge in [-0.3, -0.25) is 4.55 Å². The Morgan fingerprint density at radius 3 is 1.64 bits per heavy atom. The van der Waals surface area contributed by atoms with Crippen LogP contribution in [0.25, 0.3) is 0 Å². The Balaban J connectivity index is -0.0000000454. The molecule has 5 nitrogen and oxygen atoms in total. The summed E-state index contributed by atoms with van der Waals surface area (Å²) in [6, 6.07) is 0. The van der Waals surface area contributed by atoms with E-state index in [1.807, 2.05) is 13.8 Å². The Kier molecular flexibility index (Phi) is 17.8. The smallest absolute Gasteiger partial charge is 1.00 e. The Bertz CT molecular complexity index is 199. The molecule has 0 fully saturated rings. The normalized spacial score (nSPS) is 12.1. The van der Waals surface area contributed by atoms with Crippen LogP contribution >= 0.6 is 0 Å². The molecular formula is C7H20CaO5S. The maximum atomic E-state index is 9.87. The van der Waals surface area contributed by atoms with Crippen molar-refractivity contribution >= 4 is 47.9 Å². The van der Waals surface area contributed by atoms with Gasteiger partial charge < -0.3 is 12.7 Å². The maximum absolute atomic E-state index is 9.87. The Morgan fingerprint density at radius 2 is 1.64 bits per heavy atom. The molecule has 0 radical (unpaired) electrons. The van der Waals surface area contributed by atoms with Crippen LogP contribution in [0.5, 0.6) is 0 Å². The molecule has 0 bridgehead atoms. The van der Waals surface area contributed by atoms with Gasteiger partial charge in [-0.2, -0.15) is 8.42 Å². The summed E-state index contributed by atoms with van der Waals surface area (Å²) >= 11 is 0. The second-order valence-corrected chi connectivity index (χ2v) is 3.73. The molecule has 14 heavy (non-hydrogen) atoms. The van der Waals surface area contributed by atoms with Gasteiger partial charge in [-0.1, -0.05) is 6.92 Å².